The molecule has 0 spiro atoms. The van der Waals surface area contributed by atoms with Gasteiger partial charge in [0, 0.05) is 37.9 Å². The molecule has 27 heavy (non-hydrogen) atoms. The summed E-state index contributed by atoms with van der Waals surface area (Å²) in [7, 11) is 1.87. The van der Waals surface area contributed by atoms with Gasteiger partial charge in [-0.05, 0) is 52.9 Å². The van der Waals surface area contributed by atoms with Crippen molar-refractivity contribution in [1.29, 1.82) is 0 Å². The molecule has 1 saturated carbocycles. The van der Waals surface area contributed by atoms with Gasteiger partial charge in [-0.1, -0.05) is 25.5 Å². The first-order valence-electron chi connectivity index (χ1n) is 9.44. The molecule has 1 aliphatic rings. The van der Waals surface area contributed by atoms with Gasteiger partial charge in [0.25, 0.3) is 0 Å². The first-order chi connectivity index (χ1) is 13.1. The molecule has 1 amide bonds. The monoisotopic (exact) mass is 431 g/mol. The van der Waals surface area contributed by atoms with Gasteiger partial charge in [0.15, 0.2) is 0 Å². The van der Waals surface area contributed by atoms with Crippen molar-refractivity contribution >= 4 is 39.3 Å². The second-order valence-electron chi connectivity index (χ2n) is 6.88. The van der Waals surface area contributed by atoms with E-state index in [4.69, 9.17) is 0 Å². The molecule has 0 atom stereocenters. The molecule has 7 heteroatoms. The third-order valence-corrected chi connectivity index (χ3v) is 5.51. The van der Waals surface area contributed by atoms with E-state index in [0.29, 0.717) is 24.9 Å². The molecule has 6 nitrogen and oxygen atoms in total. The zero-order valence-corrected chi connectivity index (χ0v) is 17.4. The van der Waals surface area contributed by atoms with Crippen LogP contribution >= 0.6 is 15.9 Å². The van der Waals surface area contributed by atoms with E-state index < -0.39 is 0 Å². The molecule has 1 fully saturated rings. The summed E-state index contributed by atoms with van der Waals surface area (Å²) in [6.07, 6.45) is 5.97. The quantitative estimate of drug-likeness (QED) is 0.654. The number of hydrogen-bond acceptors (Lipinski definition) is 5. The number of carbonyl (C=O) groups excluding carboxylic acids is 1. The fraction of sp³-hybridized carbons (Fsp3) is 0.450. The van der Waals surface area contributed by atoms with E-state index >= 15 is 0 Å². The van der Waals surface area contributed by atoms with Crippen molar-refractivity contribution in [2.45, 2.75) is 32.6 Å². The molecule has 0 aliphatic heterocycles. The molecule has 1 aromatic carbocycles. The minimum Gasteiger partial charge on any atom is -0.367 e. The fourth-order valence-electron chi connectivity index (χ4n) is 2.92. The number of nitrogens with zero attached hydrogens (tertiary/aromatic N) is 3. The Morgan fingerprint density at radius 3 is 2.67 bits per heavy atom. The topological polar surface area (TPSA) is 70.2 Å². The number of carbonyl (C=O) groups is 1. The second kappa shape index (κ2) is 9.17. The predicted octanol–water partition coefficient (Wildman–Crippen LogP) is 4.22. The number of rotatable bonds is 8. The van der Waals surface area contributed by atoms with Gasteiger partial charge in [-0.3, -0.25) is 4.79 Å². The largest absolute Gasteiger partial charge is 0.367 e. The Hall–Kier alpha value is -2.15. The molecular formula is C20H26BrN5O. The van der Waals surface area contributed by atoms with Crippen LogP contribution in [0.2, 0.25) is 0 Å². The number of nitrogens with one attached hydrogen (secondary N) is 2. The standard InChI is InChI=1S/C20H26BrN5O/c1-3-14-7-9-16(10-8-14)24-20-23-13-17(21)18(25-20)22-11-12-26(2)19(27)15-5-4-6-15/h7-10,13,15H,3-6,11-12H2,1-2H3,(H2,22,23,24,25). The summed E-state index contributed by atoms with van der Waals surface area (Å²) in [6.45, 7) is 3.41. The summed E-state index contributed by atoms with van der Waals surface area (Å²) >= 11 is 3.48. The van der Waals surface area contributed by atoms with Crippen LogP contribution in [-0.2, 0) is 11.2 Å². The lowest BCUT2D eigenvalue weighted by molar-refractivity contribution is -0.136. The molecule has 1 aromatic heterocycles. The maximum absolute atomic E-state index is 12.2. The normalized spacial score (nSPS) is 13.7. The van der Waals surface area contributed by atoms with E-state index in [1.165, 1.54) is 12.0 Å². The third-order valence-electron chi connectivity index (χ3n) is 4.93. The Morgan fingerprint density at radius 1 is 1.30 bits per heavy atom. The van der Waals surface area contributed by atoms with Crippen LogP contribution < -0.4 is 10.6 Å². The van der Waals surface area contributed by atoms with Crippen LogP contribution in [0, 0.1) is 5.92 Å². The molecule has 144 valence electrons. The molecule has 1 heterocycles. The third kappa shape index (κ3) is 5.19. The molecule has 1 aliphatic carbocycles. The highest BCUT2D eigenvalue weighted by Gasteiger charge is 2.27. The number of halogens is 1. The molecule has 2 aromatic rings. The van der Waals surface area contributed by atoms with E-state index in [-0.39, 0.29) is 11.8 Å². The average molecular weight is 432 g/mol. The molecule has 0 unspecified atom stereocenters. The number of likely N-dealkylation sites (N-methyl/N-ethyl adjacent to an activating group) is 1. The maximum Gasteiger partial charge on any atom is 0.229 e. The first-order valence-corrected chi connectivity index (χ1v) is 10.2. The lowest BCUT2D eigenvalue weighted by atomic mass is 9.84. The van der Waals surface area contributed by atoms with Crippen LogP contribution in [0.5, 0.6) is 0 Å². The van der Waals surface area contributed by atoms with Crippen LogP contribution in [0.25, 0.3) is 0 Å². The number of benzene rings is 1. The molecule has 0 saturated heterocycles. The van der Waals surface area contributed by atoms with Crippen molar-refractivity contribution in [3.05, 3.63) is 40.5 Å². The van der Waals surface area contributed by atoms with E-state index in [0.717, 1.165) is 29.4 Å². The average Bonchev–Trinajstić information content (AvgIpc) is 2.63. The molecular weight excluding hydrogens is 406 g/mol. The van der Waals surface area contributed by atoms with Gasteiger partial charge in [-0.2, -0.15) is 4.98 Å². The number of hydrogen-bond donors (Lipinski definition) is 2. The summed E-state index contributed by atoms with van der Waals surface area (Å²) in [5.74, 6) is 1.73. The van der Waals surface area contributed by atoms with E-state index in [9.17, 15) is 4.79 Å². The van der Waals surface area contributed by atoms with Crippen LogP contribution in [-0.4, -0.2) is 40.9 Å². The fourth-order valence-corrected chi connectivity index (χ4v) is 3.25. The molecule has 2 N–H and O–H groups in total. The zero-order valence-electron chi connectivity index (χ0n) is 15.8. The van der Waals surface area contributed by atoms with E-state index in [2.05, 4.69) is 55.6 Å². The van der Waals surface area contributed by atoms with Crippen LogP contribution in [0.15, 0.2) is 34.9 Å². The lowest BCUT2D eigenvalue weighted by Crippen LogP contribution is -2.38. The van der Waals surface area contributed by atoms with Crippen LogP contribution in [0.1, 0.15) is 31.7 Å². The summed E-state index contributed by atoms with van der Waals surface area (Å²) < 4.78 is 0.794. The van der Waals surface area contributed by atoms with Crippen molar-refractivity contribution < 1.29 is 4.79 Å². The first kappa shape index (κ1) is 19.6. The van der Waals surface area contributed by atoms with E-state index in [1.54, 1.807) is 11.1 Å². The van der Waals surface area contributed by atoms with Gasteiger partial charge in [-0.15, -0.1) is 0 Å². The highest BCUT2D eigenvalue weighted by Crippen LogP contribution is 2.28. The number of aromatic nitrogens is 2. The Balaban J connectivity index is 1.55. The van der Waals surface area contributed by atoms with Crippen molar-refractivity contribution in [1.82, 2.24) is 14.9 Å². The highest BCUT2D eigenvalue weighted by atomic mass is 79.9. The Labute approximate surface area is 168 Å². The lowest BCUT2D eigenvalue weighted by Gasteiger charge is -2.29. The minimum absolute atomic E-state index is 0.232. The van der Waals surface area contributed by atoms with Gasteiger partial charge in [0.1, 0.15) is 5.82 Å². The number of aryl methyl sites for hydroxylation is 1. The van der Waals surface area contributed by atoms with Crippen LogP contribution in [0.4, 0.5) is 17.5 Å². The molecule has 3 rings (SSSR count). The maximum atomic E-state index is 12.2. The van der Waals surface area contributed by atoms with Gasteiger partial charge in [0.05, 0.1) is 4.47 Å². The predicted molar refractivity (Wildman–Crippen MR) is 112 cm³/mol. The van der Waals surface area contributed by atoms with Gasteiger partial charge < -0.3 is 15.5 Å². The van der Waals surface area contributed by atoms with Crippen LogP contribution in [0.3, 0.4) is 0 Å². The Morgan fingerprint density at radius 2 is 2.04 bits per heavy atom. The highest BCUT2D eigenvalue weighted by molar-refractivity contribution is 9.10. The molecule has 0 radical (unpaired) electrons. The van der Waals surface area contributed by atoms with Gasteiger partial charge >= 0.3 is 0 Å². The van der Waals surface area contributed by atoms with Crippen molar-refractivity contribution in [2.24, 2.45) is 5.92 Å². The molecule has 0 bridgehead atoms. The zero-order chi connectivity index (χ0) is 19.2. The summed E-state index contributed by atoms with van der Waals surface area (Å²) in [4.78, 5) is 22.8. The summed E-state index contributed by atoms with van der Waals surface area (Å²) in [6, 6.07) is 8.24. The van der Waals surface area contributed by atoms with Crippen molar-refractivity contribution in [2.75, 3.05) is 30.8 Å². The number of amides is 1. The van der Waals surface area contributed by atoms with Gasteiger partial charge in [-0.25, -0.2) is 4.98 Å². The van der Waals surface area contributed by atoms with Gasteiger partial charge in [0.2, 0.25) is 11.9 Å². The summed E-state index contributed by atoms with van der Waals surface area (Å²) in [5.41, 5.74) is 2.24. The second-order valence-corrected chi connectivity index (χ2v) is 7.73. The smallest absolute Gasteiger partial charge is 0.229 e. The Bertz CT molecular complexity index is 776. The summed E-state index contributed by atoms with van der Waals surface area (Å²) in [5, 5.41) is 6.51. The Kier molecular flexibility index (Phi) is 6.66. The number of anilines is 3. The minimum atomic E-state index is 0.232. The van der Waals surface area contributed by atoms with Crippen molar-refractivity contribution in [3.8, 4) is 0 Å². The van der Waals surface area contributed by atoms with Crippen molar-refractivity contribution in [3.63, 3.8) is 0 Å². The SMILES string of the molecule is CCc1ccc(Nc2ncc(Br)c(NCCN(C)C(=O)C3CCC3)n2)cc1. The van der Waals surface area contributed by atoms with E-state index in [1.807, 2.05) is 19.2 Å².